The molecule has 0 spiro atoms. The summed E-state index contributed by atoms with van der Waals surface area (Å²) in [6.07, 6.45) is 5.72. The van der Waals surface area contributed by atoms with E-state index in [1.54, 1.807) is 0 Å². The molecule has 0 aliphatic carbocycles. The largest absolute Gasteiger partial charge is 2.00 e. The molecule has 5 heterocycles. The van der Waals surface area contributed by atoms with Gasteiger partial charge in [0.25, 0.3) is 0 Å². The first-order chi connectivity index (χ1) is 23.0. The van der Waals surface area contributed by atoms with Crippen LogP contribution in [0.5, 0.6) is 11.5 Å². The van der Waals surface area contributed by atoms with Gasteiger partial charge in [-0.15, -0.1) is 41.7 Å². The normalized spacial score (nSPS) is 13.6. The first-order valence-corrected chi connectivity index (χ1v) is 19.5. The standard InChI is InChI=1S/C40H26N4OSSi.Pd/c1-47(2)37-15-8-18-41-40(37)44(34-24-36-31(23-38(34)47)30-12-4-6-14-35(30)46-36)25-9-7-10-26(21-25)45-27-16-17-28-29-11-3-5-13-33(29)43-20-19-42-39(43)32(28)22-27;/h3-20,23-24H,1-2H3;/q-2;+2. The van der Waals surface area contributed by atoms with Crippen LogP contribution in [-0.2, 0) is 20.4 Å². The van der Waals surface area contributed by atoms with E-state index >= 15 is 0 Å². The zero-order chi connectivity index (χ0) is 31.3. The molecule has 8 heteroatoms. The minimum atomic E-state index is -2.08. The number of hydrogen-bond acceptors (Lipinski definition) is 5. The van der Waals surface area contributed by atoms with Gasteiger partial charge in [0.1, 0.15) is 13.9 Å². The molecule has 4 aromatic heterocycles. The molecule has 0 amide bonds. The van der Waals surface area contributed by atoms with Crippen LogP contribution in [0, 0.1) is 12.1 Å². The molecule has 0 atom stereocenters. The number of thiophene rings is 1. The van der Waals surface area contributed by atoms with Crippen LogP contribution < -0.4 is 20.0 Å². The number of nitrogens with zero attached hydrogens (tertiary/aromatic N) is 4. The number of benzene rings is 5. The van der Waals surface area contributed by atoms with Crippen LogP contribution >= 0.6 is 11.3 Å². The van der Waals surface area contributed by atoms with Crippen molar-refractivity contribution in [1.82, 2.24) is 14.4 Å². The van der Waals surface area contributed by atoms with Crippen molar-refractivity contribution in [3.63, 3.8) is 0 Å². The molecule has 1 aliphatic heterocycles. The SMILES string of the molecule is C[Si]1(C)c2cc3c(cc2N(c2[c-]c(Oc4[c-]c5c(cc4)c4ccccc4n4ccnc54)ccc2)c2ncccc21)sc1ccccc13.[Pd+2]. The Kier molecular flexibility index (Phi) is 6.62. The van der Waals surface area contributed by atoms with Gasteiger partial charge in [0.05, 0.1) is 5.65 Å². The number of aromatic nitrogens is 3. The van der Waals surface area contributed by atoms with E-state index in [2.05, 4.69) is 124 Å². The van der Waals surface area contributed by atoms with Crippen LogP contribution in [-0.4, -0.2) is 22.4 Å². The van der Waals surface area contributed by atoms with E-state index in [1.165, 1.54) is 36.2 Å². The number of para-hydroxylation sites is 1. The van der Waals surface area contributed by atoms with Crippen LogP contribution in [0.15, 0.2) is 122 Å². The summed E-state index contributed by atoms with van der Waals surface area (Å²) >= 11 is 1.84. The summed E-state index contributed by atoms with van der Waals surface area (Å²) in [6.45, 7) is 4.87. The van der Waals surface area contributed by atoms with Gasteiger partial charge in [0.15, 0.2) is 0 Å². The van der Waals surface area contributed by atoms with Crippen molar-refractivity contribution < 1.29 is 25.2 Å². The molecule has 232 valence electrons. The number of anilines is 3. The Morgan fingerprint density at radius 2 is 1.52 bits per heavy atom. The molecule has 0 N–H and O–H groups in total. The maximum absolute atomic E-state index is 6.50. The number of ether oxygens (including phenoxy) is 1. The van der Waals surface area contributed by atoms with Crippen LogP contribution in [0.4, 0.5) is 17.2 Å². The Morgan fingerprint density at radius 3 is 2.44 bits per heavy atom. The maximum atomic E-state index is 6.50. The Morgan fingerprint density at radius 1 is 0.688 bits per heavy atom. The summed E-state index contributed by atoms with van der Waals surface area (Å²) < 4.78 is 11.2. The van der Waals surface area contributed by atoms with Gasteiger partial charge in [-0.1, -0.05) is 84.2 Å². The predicted octanol–water partition coefficient (Wildman–Crippen LogP) is 9.40. The van der Waals surface area contributed by atoms with Gasteiger partial charge in [-0.2, -0.15) is 6.07 Å². The number of pyridine rings is 2. The summed E-state index contributed by atoms with van der Waals surface area (Å²) in [5.74, 6) is 2.20. The summed E-state index contributed by atoms with van der Waals surface area (Å²) in [6, 6.07) is 43.5. The minimum Gasteiger partial charge on any atom is -0.503 e. The van der Waals surface area contributed by atoms with E-state index < -0.39 is 8.07 Å². The topological polar surface area (TPSA) is 42.7 Å². The van der Waals surface area contributed by atoms with Gasteiger partial charge in [0.2, 0.25) is 0 Å². The molecule has 0 saturated heterocycles. The van der Waals surface area contributed by atoms with E-state index in [4.69, 9.17) is 9.72 Å². The second-order valence-electron chi connectivity index (χ2n) is 12.6. The molecule has 9 aromatic rings. The molecule has 48 heavy (non-hydrogen) atoms. The molecule has 0 saturated carbocycles. The average molecular weight is 745 g/mol. The molecule has 5 nitrogen and oxygen atoms in total. The summed E-state index contributed by atoms with van der Waals surface area (Å²) in [4.78, 5) is 11.9. The third-order valence-corrected chi connectivity index (χ3v) is 14.1. The second-order valence-corrected chi connectivity index (χ2v) is 18.0. The zero-order valence-corrected chi connectivity index (χ0v) is 29.3. The van der Waals surface area contributed by atoms with Crippen molar-refractivity contribution in [3.05, 3.63) is 134 Å². The van der Waals surface area contributed by atoms with Crippen LogP contribution in [0.1, 0.15) is 0 Å². The second kappa shape index (κ2) is 10.8. The molecule has 0 radical (unpaired) electrons. The van der Waals surface area contributed by atoms with Gasteiger partial charge < -0.3 is 14.0 Å². The summed E-state index contributed by atoms with van der Waals surface area (Å²) in [7, 11) is -2.08. The number of imidazole rings is 1. The van der Waals surface area contributed by atoms with Gasteiger partial charge in [-0.3, -0.25) is 4.98 Å². The van der Waals surface area contributed by atoms with Crippen molar-refractivity contribution in [1.29, 1.82) is 0 Å². The first-order valence-electron chi connectivity index (χ1n) is 15.7. The molecular weight excluding hydrogens is 719 g/mol. The predicted molar refractivity (Wildman–Crippen MR) is 197 cm³/mol. The van der Waals surface area contributed by atoms with Crippen molar-refractivity contribution >= 4 is 94.5 Å². The van der Waals surface area contributed by atoms with E-state index in [9.17, 15) is 0 Å². The minimum absolute atomic E-state index is 0. The molecule has 5 aromatic carbocycles. The van der Waals surface area contributed by atoms with Crippen molar-refractivity contribution in [2.24, 2.45) is 0 Å². The van der Waals surface area contributed by atoms with Gasteiger partial charge in [-0.25, -0.2) is 4.98 Å². The van der Waals surface area contributed by atoms with Crippen molar-refractivity contribution in [2.45, 2.75) is 13.1 Å². The molecule has 0 unspecified atom stereocenters. The number of rotatable bonds is 3. The third kappa shape index (κ3) is 4.24. The Balaban J connectivity index is 0.00000314. The third-order valence-electron chi connectivity index (χ3n) is 9.53. The van der Waals surface area contributed by atoms with Crippen molar-refractivity contribution in [3.8, 4) is 11.5 Å². The first kappa shape index (κ1) is 29.3. The number of hydrogen-bond donors (Lipinski definition) is 0. The number of fused-ring (bicyclic) bond motifs is 11. The molecule has 10 rings (SSSR count). The Labute approximate surface area is 295 Å². The van der Waals surface area contributed by atoms with Gasteiger partial charge in [0, 0.05) is 61.5 Å². The quantitative estimate of drug-likeness (QED) is 0.103. The Hall–Kier alpha value is -4.84. The monoisotopic (exact) mass is 744 g/mol. The van der Waals surface area contributed by atoms with Crippen LogP contribution in [0.2, 0.25) is 13.1 Å². The maximum Gasteiger partial charge on any atom is 2.00 e. The van der Waals surface area contributed by atoms with Crippen LogP contribution in [0.3, 0.4) is 0 Å². The Bertz CT molecular complexity index is 2740. The van der Waals surface area contributed by atoms with Crippen molar-refractivity contribution in [2.75, 3.05) is 4.90 Å². The van der Waals surface area contributed by atoms with E-state index in [0.717, 1.165) is 38.8 Å². The summed E-state index contributed by atoms with van der Waals surface area (Å²) in [5, 5.41) is 8.51. The van der Waals surface area contributed by atoms with Gasteiger partial charge in [-0.05, 0) is 40.0 Å². The zero-order valence-electron chi connectivity index (χ0n) is 26.0. The van der Waals surface area contributed by atoms with Crippen LogP contribution in [0.25, 0.3) is 47.5 Å². The average Bonchev–Trinajstić information content (AvgIpc) is 3.74. The smallest absolute Gasteiger partial charge is 0.503 e. The van der Waals surface area contributed by atoms with Gasteiger partial charge >= 0.3 is 20.4 Å². The van der Waals surface area contributed by atoms with E-state index in [0.29, 0.717) is 11.5 Å². The fourth-order valence-corrected chi connectivity index (χ4v) is 11.3. The fraction of sp³-hybridized carbons (Fsp3) is 0.0500. The molecule has 1 aliphatic rings. The fourth-order valence-electron chi connectivity index (χ4n) is 7.29. The molecule has 0 fully saturated rings. The molecule has 0 bridgehead atoms. The van der Waals surface area contributed by atoms with E-state index in [-0.39, 0.29) is 20.4 Å². The van der Waals surface area contributed by atoms with E-state index in [1.807, 2.05) is 48.1 Å². The molecular formula is C40H26N4OPdSSi. The summed E-state index contributed by atoms with van der Waals surface area (Å²) in [5.41, 5.74) is 4.03.